The van der Waals surface area contributed by atoms with Gasteiger partial charge in [-0.2, -0.15) is 0 Å². The van der Waals surface area contributed by atoms with E-state index in [2.05, 4.69) is 10.3 Å². The Morgan fingerprint density at radius 1 is 1.16 bits per heavy atom. The Morgan fingerprint density at radius 2 is 1.80 bits per heavy atom. The minimum atomic E-state index is -0.954. The first-order chi connectivity index (χ1) is 12.0. The lowest BCUT2D eigenvalue weighted by molar-refractivity contribution is -0.147. The molecule has 0 saturated heterocycles. The molecule has 0 aliphatic carbocycles. The summed E-state index contributed by atoms with van der Waals surface area (Å²) in [6.07, 6.45) is 2.81. The summed E-state index contributed by atoms with van der Waals surface area (Å²) >= 11 is 0. The van der Waals surface area contributed by atoms with Crippen LogP contribution >= 0.6 is 0 Å². The Hall–Kier alpha value is -2.83. The predicted molar refractivity (Wildman–Crippen MR) is 86.6 cm³/mol. The van der Waals surface area contributed by atoms with Gasteiger partial charge in [-0.25, -0.2) is 13.6 Å². The standard InChI is InChI=1S/C18H18F2N2O3/c1-2-25-18(24)16(10-12-6-8-21-9-7-12)22-17(23)11-13-14(19)4-3-5-15(13)20/h3-9,16H,2,10-11H2,1H3,(H,22,23)/t16-/m1/s1. The van der Waals surface area contributed by atoms with Crippen LogP contribution in [0.15, 0.2) is 42.7 Å². The van der Waals surface area contributed by atoms with E-state index in [0.29, 0.717) is 0 Å². The van der Waals surface area contributed by atoms with Gasteiger partial charge >= 0.3 is 5.97 Å². The summed E-state index contributed by atoms with van der Waals surface area (Å²) < 4.78 is 32.3. The second-order valence-electron chi connectivity index (χ2n) is 5.31. The first-order valence-corrected chi connectivity index (χ1v) is 7.79. The summed E-state index contributed by atoms with van der Waals surface area (Å²) in [4.78, 5) is 28.1. The third-order valence-corrected chi connectivity index (χ3v) is 3.49. The van der Waals surface area contributed by atoms with Crippen molar-refractivity contribution in [3.05, 3.63) is 65.5 Å². The Kier molecular flexibility index (Phi) is 6.56. The summed E-state index contributed by atoms with van der Waals surface area (Å²) in [6, 6.07) is 5.82. The number of hydrogen-bond donors (Lipinski definition) is 1. The van der Waals surface area contributed by atoms with E-state index in [0.717, 1.165) is 17.7 Å². The van der Waals surface area contributed by atoms with Gasteiger partial charge in [0.1, 0.15) is 17.7 Å². The molecule has 1 atom stereocenters. The minimum Gasteiger partial charge on any atom is -0.464 e. The second kappa shape index (κ2) is 8.86. The molecule has 25 heavy (non-hydrogen) atoms. The fourth-order valence-electron chi connectivity index (χ4n) is 2.30. The maximum Gasteiger partial charge on any atom is 0.328 e. The van der Waals surface area contributed by atoms with Crippen LogP contribution in [0.2, 0.25) is 0 Å². The van der Waals surface area contributed by atoms with Crippen molar-refractivity contribution in [2.75, 3.05) is 6.61 Å². The average Bonchev–Trinajstić information content (AvgIpc) is 2.59. The molecule has 0 unspecified atom stereocenters. The molecular weight excluding hydrogens is 330 g/mol. The maximum atomic E-state index is 13.7. The Labute approximate surface area is 144 Å². The number of hydrogen-bond acceptors (Lipinski definition) is 4. The van der Waals surface area contributed by atoms with Crippen LogP contribution in [0.1, 0.15) is 18.1 Å². The summed E-state index contributed by atoms with van der Waals surface area (Å²) in [5, 5.41) is 2.49. The molecule has 5 nitrogen and oxygen atoms in total. The second-order valence-corrected chi connectivity index (χ2v) is 5.31. The number of carbonyl (C=O) groups is 2. The zero-order valence-electron chi connectivity index (χ0n) is 13.7. The molecule has 132 valence electrons. The normalized spacial score (nSPS) is 11.6. The molecule has 2 aromatic rings. The van der Waals surface area contributed by atoms with Crippen LogP contribution in [-0.4, -0.2) is 29.5 Å². The van der Waals surface area contributed by atoms with Gasteiger partial charge in [0, 0.05) is 24.4 Å². The van der Waals surface area contributed by atoms with Crippen molar-refractivity contribution < 1.29 is 23.1 Å². The Balaban J connectivity index is 2.10. The molecule has 1 aromatic carbocycles. The van der Waals surface area contributed by atoms with E-state index >= 15 is 0 Å². The summed E-state index contributed by atoms with van der Waals surface area (Å²) in [7, 11) is 0. The third kappa shape index (κ3) is 5.34. The van der Waals surface area contributed by atoms with E-state index in [9.17, 15) is 18.4 Å². The van der Waals surface area contributed by atoms with E-state index in [4.69, 9.17) is 4.74 Å². The van der Waals surface area contributed by atoms with Crippen molar-refractivity contribution in [3.63, 3.8) is 0 Å². The van der Waals surface area contributed by atoms with Gasteiger partial charge in [0.25, 0.3) is 0 Å². The number of carbonyl (C=O) groups excluding carboxylic acids is 2. The van der Waals surface area contributed by atoms with Gasteiger partial charge in [0.15, 0.2) is 0 Å². The van der Waals surface area contributed by atoms with Gasteiger partial charge in [-0.3, -0.25) is 9.78 Å². The van der Waals surface area contributed by atoms with Crippen molar-refractivity contribution in [1.29, 1.82) is 0 Å². The smallest absolute Gasteiger partial charge is 0.328 e. The molecule has 2 rings (SSSR count). The van der Waals surface area contributed by atoms with Gasteiger partial charge in [0.2, 0.25) is 5.91 Å². The van der Waals surface area contributed by atoms with Crippen molar-refractivity contribution in [2.24, 2.45) is 0 Å². The number of nitrogens with one attached hydrogen (secondary N) is 1. The number of ether oxygens (including phenoxy) is 1. The first kappa shape index (κ1) is 18.5. The summed E-state index contributed by atoms with van der Waals surface area (Å²) in [5.74, 6) is -2.90. The van der Waals surface area contributed by atoms with Crippen LogP contribution in [0.25, 0.3) is 0 Å². The number of amides is 1. The van der Waals surface area contributed by atoms with Gasteiger partial charge in [0.05, 0.1) is 13.0 Å². The van der Waals surface area contributed by atoms with E-state index < -0.39 is 36.0 Å². The van der Waals surface area contributed by atoms with E-state index in [1.165, 1.54) is 6.07 Å². The largest absolute Gasteiger partial charge is 0.464 e. The van der Waals surface area contributed by atoms with Crippen LogP contribution in [0.4, 0.5) is 8.78 Å². The van der Waals surface area contributed by atoms with Crippen LogP contribution in [-0.2, 0) is 27.2 Å². The number of esters is 1. The van der Waals surface area contributed by atoms with E-state index in [1.807, 2.05) is 0 Å². The monoisotopic (exact) mass is 348 g/mol. The molecule has 1 N–H and O–H groups in total. The zero-order valence-corrected chi connectivity index (χ0v) is 13.7. The summed E-state index contributed by atoms with van der Waals surface area (Å²) in [5.41, 5.74) is 0.428. The number of halogens is 2. The van der Waals surface area contributed by atoms with Crippen molar-refractivity contribution in [3.8, 4) is 0 Å². The molecule has 0 saturated carbocycles. The fraction of sp³-hybridized carbons (Fsp3) is 0.278. The first-order valence-electron chi connectivity index (χ1n) is 7.79. The number of aromatic nitrogens is 1. The molecule has 0 aliphatic rings. The topological polar surface area (TPSA) is 68.3 Å². The molecular formula is C18H18F2N2O3. The van der Waals surface area contributed by atoms with Crippen LogP contribution in [0.5, 0.6) is 0 Å². The van der Waals surface area contributed by atoms with Crippen LogP contribution in [0.3, 0.4) is 0 Å². The highest BCUT2D eigenvalue weighted by atomic mass is 19.1. The predicted octanol–water partition coefficient (Wildman–Crippen LogP) is 2.19. The van der Waals surface area contributed by atoms with E-state index in [-0.39, 0.29) is 18.6 Å². The van der Waals surface area contributed by atoms with Gasteiger partial charge in [-0.1, -0.05) is 6.07 Å². The third-order valence-electron chi connectivity index (χ3n) is 3.49. The lowest BCUT2D eigenvalue weighted by Crippen LogP contribution is -2.44. The molecule has 7 heteroatoms. The molecule has 1 heterocycles. The maximum absolute atomic E-state index is 13.7. The SMILES string of the molecule is CCOC(=O)[C@@H](Cc1ccncc1)NC(=O)Cc1c(F)cccc1F. The quantitative estimate of drug-likeness (QED) is 0.779. The van der Waals surface area contributed by atoms with Crippen molar-refractivity contribution >= 4 is 11.9 Å². The molecule has 0 fully saturated rings. The molecule has 0 bridgehead atoms. The fourth-order valence-corrected chi connectivity index (χ4v) is 2.30. The number of pyridine rings is 1. The highest BCUT2D eigenvalue weighted by Gasteiger charge is 2.23. The molecule has 0 spiro atoms. The zero-order chi connectivity index (χ0) is 18.2. The number of rotatable bonds is 7. The molecule has 0 aliphatic heterocycles. The Bertz CT molecular complexity index is 718. The lowest BCUT2D eigenvalue weighted by Gasteiger charge is -2.17. The van der Waals surface area contributed by atoms with Crippen LogP contribution in [0, 0.1) is 11.6 Å². The van der Waals surface area contributed by atoms with Crippen molar-refractivity contribution in [1.82, 2.24) is 10.3 Å². The van der Waals surface area contributed by atoms with E-state index in [1.54, 1.807) is 31.5 Å². The number of nitrogens with zero attached hydrogens (tertiary/aromatic N) is 1. The Morgan fingerprint density at radius 3 is 2.40 bits per heavy atom. The highest BCUT2D eigenvalue weighted by Crippen LogP contribution is 2.13. The molecule has 1 aromatic heterocycles. The summed E-state index contributed by atoms with van der Waals surface area (Å²) in [6.45, 7) is 1.81. The average molecular weight is 348 g/mol. The molecule has 0 radical (unpaired) electrons. The van der Waals surface area contributed by atoms with Crippen LogP contribution < -0.4 is 5.32 Å². The minimum absolute atomic E-state index is 0.156. The highest BCUT2D eigenvalue weighted by molar-refractivity contribution is 5.85. The number of benzene rings is 1. The lowest BCUT2D eigenvalue weighted by atomic mass is 10.1. The van der Waals surface area contributed by atoms with Crippen molar-refractivity contribution in [2.45, 2.75) is 25.8 Å². The van der Waals surface area contributed by atoms with Gasteiger partial charge in [-0.05, 0) is 36.8 Å². The molecule has 1 amide bonds. The van der Waals surface area contributed by atoms with Gasteiger partial charge < -0.3 is 10.1 Å². The van der Waals surface area contributed by atoms with Gasteiger partial charge in [-0.15, -0.1) is 0 Å².